The Labute approximate surface area is 90.5 Å². The van der Waals surface area contributed by atoms with Crippen LogP contribution in [0.5, 0.6) is 0 Å². The van der Waals surface area contributed by atoms with E-state index in [0.717, 1.165) is 5.92 Å². The maximum Gasteiger partial charge on any atom is 0.0456 e. The third-order valence-corrected chi connectivity index (χ3v) is 3.66. The summed E-state index contributed by atoms with van der Waals surface area (Å²) >= 11 is 0. The highest BCUT2D eigenvalue weighted by atomic mass is 14.7. The number of nitrogens with one attached hydrogen (secondary N) is 1. The number of fused-ring (bicyclic) bond motifs is 1. The average Bonchev–Trinajstić information content (AvgIpc) is 2.54. The van der Waals surface area contributed by atoms with Crippen molar-refractivity contribution < 1.29 is 0 Å². The molecule has 1 saturated carbocycles. The molecule has 1 heteroatoms. The van der Waals surface area contributed by atoms with E-state index in [2.05, 4.69) is 36.3 Å². The molecule has 1 heterocycles. The van der Waals surface area contributed by atoms with Crippen molar-refractivity contribution in [1.29, 1.82) is 0 Å². The van der Waals surface area contributed by atoms with E-state index in [1.807, 2.05) is 0 Å². The SMILES string of the molecule is Cc1ccc2[nH]cc(CC3CCC3)c2c1. The van der Waals surface area contributed by atoms with Gasteiger partial charge in [0, 0.05) is 17.1 Å². The topological polar surface area (TPSA) is 15.8 Å². The van der Waals surface area contributed by atoms with Crippen LogP contribution in [0.2, 0.25) is 0 Å². The summed E-state index contributed by atoms with van der Waals surface area (Å²) in [6, 6.07) is 6.67. The molecule has 78 valence electrons. The van der Waals surface area contributed by atoms with E-state index in [1.54, 1.807) is 0 Å². The largest absolute Gasteiger partial charge is 0.361 e. The van der Waals surface area contributed by atoms with Crippen LogP contribution in [-0.2, 0) is 6.42 Å². The smallest absolute Gasteiger partial charge is 0.0456 e. The molecule has 1 aliphatic rings. The molecule has 1 fully saturated rings. The van der Waals surface area contributed by atoms with E-state index < -0.39 is 0 Å². The Hall–Kier alpha value is -1.24. The molecule has 0 atom stereocenters. The normalized spacial score (nSPS) is 16.9. The van der Waals surface area contributed by atoms with Gasteiger partial charge in [0.1, 0.15) is 0 Å². The number of rotatable bonds is 2. The Morgan fingerprint density at radius 2 is 2.20 bits per heavy atom. The zero-order valence-corrected chi connectivity index (χ0v) is 9.22. The lowest BCUT2D eigenvalue weighted by Gasteiger charge is -2.24. The van der Waals surface area contributed by atoms with Gasteiger partial charge in [-0.25, -0.2) is 0 Å². The molecule has 1 aromatic carbocycles. The minimum atomic E-state index is 0.949. The molecule has 1 nitrogen and oxygen atoms in total. The van der Waals surface area contributed by atoms with Gasteiger partial charge in [-0.3, -0.25) is 0 Å². The van der Waals surface area contributed by atoms with Crippen LogP contribution in [0.15, 0.2) is 24.4 Å². The Bertz CT molecular complexity index is 477. The van der Waals surface area contributed by atoms with Crippen molar-refractivity contribution in [2.45, 2.75) is 32.6 Å². The number of hydrogen-bond acceptors (Lipinski definition) is 0. The molecule has 1 aliphatic carbocycles. The molecule has 0 amide bonds. The van der Waals surface area contributed by atoms with Gasteiger partial charge in [0.25, 0.3) is 0 Å². The second-order valence-corrected chi connectivity index (χ2v) is 4.86. The number of H-pyrrole nitrogens is 1. The van der Waals surface area contributed by atoms with Crippen LogP contribution in [0, 0.1) is 12.8 Å². The van der Waals surface area contributed by atoms with Crippen molar-refractivity contribution >= 4 is 10.9 Å². The summed E-state index contributed by atoms with van der Waals surface area (Å²) < 4.78 is 0. The lowest BCUT2D eigenvalue weighted by Crippen LogP contribution is -2.13. The fourth-order valence-corrected chi connectivity index (χ4v) is 2.47. The maximum absolute atomic E-state index is 3.37. The monoisotopic (exact) mass is 199 g/mol. The minimum Gasteiger partial charge on any atom is -0.361 e. The Balaban J connectivity index is 1.98. The van der Waals surface area contributed by atoms with E-state index in [0.29, 0.717) is 0 Å². The van der Waals surface area contributed by atoms with Crippen molar-refractivity contribution in [3.8, 4) is 0 Å². The van der Waals surface area contributed by atoms with E-state index in [9.17, 15) is 0 Å². The second kappa shape index (κ2) is 3.41. The highest BCUT2D eigenvalue weighted by Crippen LogP contribution is 2.32. The summed E-state index contributed by atoms with van der Waals surface area (Å²) in [5.74, 6) is 0.949. The number of benzene rings is 1. The zero-order valence-electron chi connectivity index (χ0n) is 9.22. The van der Waals surface area contributed by atoms with Crippen LogP contribution in [-0.4, -0.2) is 4.98 Å². The van der Waals surface area contributed by atoms with Crippen molar-refractivity contribution in [1.82, 2.24) is 4.98 Å². The highest BCUT2D eigenvalue weighted by molar-refractivity contribution is 5.83. The van der Waals surface area contributed by atoms with Gasteiger partial charge < -0.3 is 4.98 Å². The molecular weight excluding hydrogens is 182 g/mol. The third kappa shape index (κ3) is 1.56. The molecule has 0 saturated heterocycles. The fourth-order valence-electron chi connectivity index (χ4n) is 2.47. The predicted octanol–water partition coefficient (Wildman–Crippen LogP) is 3.82. The number of hydrogen-bond donors (Lipinski definition) is 1. The Morgan fingerprint density at radius 3 is 2.93 bits per heavy atom. The van der Waals surface area contributed by atoms with Crippen molar-refractivity contribution in [3.63, 3.8) is 0 Å². The lowest BCUT2D eigenvalue weighted by molar-refractivity contribution is 0.315. The third-order valence-electron chi connectivity index (χ3n) is 3.66. The van der Waals surface area contributed by atoms with Gasteiger partial charge in [0.05, 0.1) is 0 Å². The molecule has 2 aromatic rings. The Kier molecular flexibility index (Phi) is 2.05. The van der Waals surface area contributed by atoms with Crippen LogP contribution in [0.3, 0.4) is 0 Å². The molecule has 0 aliphatic heterocycles. The predicted molar refractivity (Wildman–Crippen MR) is 64.1 cm³/mol. The lowest BCUT2D eigenvalue weighted by atomic mass is 9.81. The van der Waals surface area contributed by atoms with Gasteiger partial charge in [-0.15, -0.1) is 0 Å². The maximum atomic E-state index is 3.37. The van der Waals surface area contributed by atoms with Gasteiger partial charge in [-0.2, -0.15) is 0 Å². The van der Waals surface area contributed by atoms with Crippen LogP contribution in [0.1, 0.15) is 30.4 Å². The Morgan fingerprint density at radius 1 is 1.33 bits per heavy atom. The molecule has 3 rings (SSSR count). The summed E-state index contributed by atoms with van der Waals surface area (Å²) in [5, 5.41) is 1.43. The molecule has 0 bridgehead atoms. The van der Waals surface area contributed by atoms with Crippen molar-refractivity contribution in [3.05, 3.63) is 35.5 Å². The van der Waals surface area contributed by atoms with Gasteiger partial charge in [-0.1, -0.05) is 30.9 Å². The highest BCUT2D eigenvalue weighted by Gasteiger charge is 2.19. The van der Waals surface area contributed by atoms with Gasteiger partial charge in [0.2, 0.25) is 0 Å². The molecular formula is C14H17N. The molecule has 0 radical (unpaired) electrons. The molecule has 1 N–H and O–H groups in total. The average molecular weight is 199 g/mol. The first-order valence-electron chi connectivity index (χ1n) is 5.89. The first-order valence-corrected chi connectivity index (χ1v) is 5.89. The van der Waals surface area contributed by atoms with Crippen molar-refractivity contribution in [2.75, 3.05) is 0 Å². The fraction of sp³-hybridized carbons (Fsp3) is 0.429. The molecule has 1 aromatic heterocycles. The molecule has 0 unspecified atom stereocenters. The van der Waals surface area contributed by atoms with Crippen LogP contribution >= 0.6 is 0 Å². The zero-order chi connectivity index (χ0) is 10.3. The van der Waals surface area contributed by atoms with Crippen LogP contribution in [0.25, 0.3) is 10.9 Å². The minimum absolute atomic E-state index is 0.949. The van der Waals surface area contributed by atoms with E-state index >= 15 is 0 Å². The first kappa shape index (κ1) is 9.02. The van der Waals surface area contributed by atoms with E-state index in [-0.39, 0.29) is 0 Å². The summed E-state index contributed by atoms with van der Waals surface area (Å²) in [6.45, 7) is 2.17. The van der Waals surface area contributed by atoms with Gasteiger partial charge >= 0.3 is 0 Å². The first-order chi connectivity index (χ1) is 7.33. The standard InChI is InChI=1S/C14H17N/c1-10-5-6-14-13(7-10)12(9-15-14)8-11-3-2-4-11/h5-7,9,11,15H,2-4,8H2,1H3. The van der Waals surface area contributed by atoms with E-state index in [4.69, 9.17) is 0 Å². The number of aryl methyl sites for hydroxylation is 1. The summed E-state index contributed by atoms with van der Waals surface area (Å²) in [4.78, 5) is 3.37. The number of aromatic nitrogens is 1. The second-order valence-electron chi connectivity index (χ2n) is 4.86. The quantitative estimate of drug-likeness (QED) is 0.756. The van der Waals surface area contributed by atoms with Gasteiger partial charge in [-0.05, 0) is 37.0 Å². The van der Waals surface area contributed by atoms with Crippen LogP contribution < -0.4 is 0 Å². The molecule has 15 heavy (non-hydrogen) atoms. The van der Waals surface area contributed by atoms with Gasteiger partial charge in [0.15, 0.2) is 0 Å². The molecule has 0 spiro atoms. The summed E-state index contributed by atoms with van der Waals surface area (Å²) in [6.07, 6.45) is 7.76. The van der Waals surface area contributed by atoms with Crippen LogP contribution in [0.4, 0.5) is 0 Å². The summed E-state index contributed by atoms with van der Waals surface area (Å²) in [5.41, 5.74) is 4.16. The number of aromatic amines is 1. The van der Waals surface area contributed by atoms with Crippen molar-refractivity contribution in [2.24, 2.45) is 5.92 Å². The van der Waals surface area contributed by atoms with E-state index in [1.165, 1.54) is 47.7 Å². The summed E-state index contributed by atoms with van der Waals surface area (Å²) in [7, 11) is 0.